The van der Waals surface area contributed by atoms with E-state index < -0.39 is 0 Å². The number of hydrogen-bond donors (Lipinski definition) is 3. The van der Waals surface area contributed by atoms with E-state index in [1.54, 1.807) is 6.20 Å². The zero-order valence-corrected chi connectivity index (χ0v) is 17.4. The maximum atomic E-state index is 6.10. The van der Waals surface area contributed by atoms with Gasteiger partial charge in [0.05, 0.1) is 13.2 Å². The van der Waals surface area contributed by atoms with E-state index in [0.717, 1.165) is 65.6 Å². The van der Waals surface area contributed by atoms with Crippen molar-refractivity contribution in [1.29, 1.82) is 0 Å². The number of rotatable bonds is 6. The molecule has 0 atom stereocenters. The van der Waals surface area contributed by atoms with Gasteiger partial charge in [0.1, 0.15) is 17.7 Å². The van der Waals surface area contributed by atoms with Crippen molar-refractivity contribution in [3.63, 3.8) is 0 Å². The van der Waals surface area contributed by atoms with Gasteiger partial charge in [-0.2, -0.15) is 4.98 Å². The summed E-state index contributed by atoms with van der Waals surface area (Å²) in [5.41, 5.74) is 4.12. The number of hydrogen-bond acceptors (Lipinski definition) is 6. The number of H-pyrrole nitrogens is 1. The van der Waals surface area contributed by atoms with Crippen LogP contribution in [0, 0.1) is 6.92 Å². The summed E-state index contributed by atoms with van der Waals surface area (Å²) in [6.45, 7) is 3.57. The van der Waals surface area contributed by atoms with Gasteiger partial charge in [0.25, 0.3) is 0 Å². The molecule has 31 heavy (non-hydrogen) atoms. The molecule has 5 rings (SSSR count). The van der Waals surface area contributed by atoms with Crippen molar-refractivity contribution < 1.29 is 9.47 Å². The monoisotopic (exact) mass is 415 g/mol. The summed E-state index contributed by atoms with van der Waals surface area (Å²) >= 11 is 0. The van der Waals surface area contributed by atoms with Gasteiger partial charge in [0.15, 0.2) is 0 Å². The van der Waals surface area contributed by atoms with Gasteiger partial charge in [0, 0.05) is 53.1 Å². The van der Waals surface area contributed by atoms with Crippen molar-refractivity contribution in [2.75, 3.05) is 23.8 Å². The molecule has 1 aliphatic heterocycles. The first-order chi connectivity index (χ1) is 15.2. The molecule has 0 saturated carbocycles. The molecule has 0 bridgehead atoms. The number of aryl methyl sites for hydroxylation is 1. The number of ether oxygens (including phenoxy) is 2. The molecule has 1 aliphatic rings. The van der Waals surface area contributed by atoms with Crippen molar-refractivity contribution in [1.82, 2.24) is 15.0 Å². The Morgan fingerprint density at radius 1 is 1.00 bits per heavy atom. The average molecular weight is 415 g/mol. The highest BCUT2D eigenvalue weighted by molar-refractivity contribution is 5.84. The fraction of sp³-hybridized carbons (Fsp3) is 0.250. The van der Waals surface area contributed by atoms with Crippen molar-refractivity contribution in [2.45, 2.75) is 25.9 Å². The number of fused-ring (bicyclic) bond motifs is 1. The third kappa shape index (κ3) is 4.78. The van der Waals surface area contributed by atoms with E-state index in [1.807, 2.05) is 36.4 Å². The Kier molecular flexibility index (Phi) is 5.41. The van der Waals surface area contributed by atoms with E-state index in [-0.39, 0.29) is 6.10 Å². The number of aromatic amines is 1. The molecule has 0 amide bonds. The minimum atomic E-state index is 0.203. The van der Waals surface area contributed by atoms with Crippen LogP contribution in [0.25, 0.3) is 10.9 Å². The molecule has 0 aliphatic carbocycles. The fourth-order valence-corrected chi connectivity index (χ4v) is 3.75. The first-order valence-electron chi connectivity index (χ1n) is 10.5. The maximum absolute atomic E-state index is 6.10. The molecule has 3 heterocycles. The van der Waals surface area contributed by atoms with Crippen molar-refractivity contribution in [3.8, 4) is 5.75 Å². The van der Waals surface area contributed by atoms with Crippen LogP contribution in [0.1, 0.15) is 18.5 Å². The summed E-state index contributed by atoms with van der Waals surface area (Å²) in [6, 6.07) is 18.1. The quantitative estimate of drug-likeness (QED) is 0.396. The van der Waals surface area contributed by atoms with Gasteiger partial charge in [-0.3, -0.25) is 0 Å². The first-order valence-corrected chi connectivity index (χ1v) is 10.5. The highest BCUT2D eigenvalue weighted by Crippen LogP contribution is 2.25. The van der Waals surface area contributed by atoms with Crippen molar-refractivity contribution in [3.05, 3.63) is 66.5 Å². The second-order valence-electron chi connectivity index (χ2n) is 7.73. The fourth-order valence-electron chi connectivity index (χ4n) is 3.75. The molecule has 2 aromatic carbocycles. The Bertz CT molecular complexity index is 1180. The van der Waals surface area contributed by atoms with Gasteiger partial charge in [-0.15, -0.1) is 0 Å². The van der Waals surface area contributed by atoms with Gasteiger partial charge in [-0.05, 0) is 49.4 Å². The number of aromatic nitrogens is 3. The Morgan fingerprint density at radius 3 is 2.77 bits per heavy atom. The minimum absolute atomic E-state index is 0.203. The highest BCUT2D eigenvalue weighted by atomic mass is 16.5. The molecule has 7 nitrogen and oxygen atoms in total. The van der Waals surface area contributed by atoms with E-state index >= 15 is 0 Å². The number of anilines is 4. The molecule has 7 heteroatoms. The minimum Gasteiger partial charge on any atom is -0.490 e. The van der Waals surface area contributed by atoms with Crippen LogP contribution in [0.5, 0.6) is 5.75 Å². The average Bonchev–Trinajstić information content (AvgIpc) is 3.14. The second-order valence-corrected chi connectivity index (χ2v) is 7.73. The molecule has 2 aromatic heterocycles. The normalized spacial score (nSPS) is 14.5. The molecule has 158 valence electrons. The molecular formula is C24H25N5O2. The van der Waals surface area contributed by atoms with Crippen LogP contribution in [-0.4, -0.2) is 34.3 Å². The van der Waals surface area contributed by atoms with Crippen LogP contribution < -0.4 is 15.4 Å². The topological polar surface area (TPSA) is 84.1 Å². The summed E-state index contributed by atoms with van der Waals surface area (Å²) in [4.78, 5) is 12.3. The smallest absolute Gasteiger partial charge is 0.229 e. The standard InChI is InChI=1S/C24H25N5O2/c1-16-13-17-14-19(5-6-22(17)26-16)27-23-7-10-25-24(29-23)28-18-3-2-4-21(15-18)31-20-8-11-30-12-9-20/h2-7,10,13-15,20,26H,8-9,11-12H2,1H3,(H2,25,27,28,29). The van der Waals surface area contributed by atoms with Gasteiger partial charge in [0.2, 0.25) is 5.95 Å². The van der Waals surface area contributed by atoms with Gasteiger partial charge in [-0.1, -0.05) is 6.07 Å². The largest absolute Gasteiger partial charge is 0.490 e. The van der Waals surface area contributed by atoms with Crippen LogP contribution >= 0.6 is 0 Å². The Hall–Kier alpha value is -3.58. The van der Waals surface area contributed by atoms with Crippen LogP contribution in [-0.2, 0) is 4.74 Å². The predicted molar refractivity (Wildman–Crippen MR) is 123 cm³/mol. The second kappa shape index (κ2) is 8.65. The summed E-state index contributed by atoms with van der Waals surface area (Å²) in [5, 5.41) is 7.79. The van der Waals surface area contributed by atoms with Crippen molar-refractivity contribution >= 4 is 34.0 Å². The predicted octanol–water partition coefficient (Wildman–Crippen LogP) is 5.31. The number of nitrogens with zero attached hydrogens (tertiary/aromatic N) is 2. The van der Waals surface area contributed by atoms with Crippen LogP contribution in [0.2, 0.25) is 0 Å². The van der Waals surface area contributed by atoms with Gasteiger partial charge < -0.3 is 25.1 Å². The SMILES string of the molecule is Cc1cc2cc(Nc3ccnc(Nc4cccc(OC5CCOCC5)c4)n3)ccc2[nH]1. The highest BCUT2D eigenvalue weighted by Gasteiger charge is 2.15. The van der Waals surface area contributed by atoms with E-state index in [2.05, 4.69) is 50.7 Å². The lowest BCUT2D eigenvalue weighted by atomic mass is 10.1. The van der Waals surface area contributed by atoms with Gasteiger partial charge in [-0.25, -0.2) is 4.98 Å². The van der Waals surface area contributed by atoms with Crippen molar-refractivity contribution in [2.24, 2.45) is 0 Å². The first kappa shape index (κ1) is 19.4. The molecular weight excluding hydrogens is 390 g/mol. The van der Waals surface area contributed by atoms with E-state index in [1.165, 1.54) is 0 Å². The molecule has 1 saturated heterocycles. The summed E-state index contributed by atoms with van der Waals surface area (Å²) in [6.07, 6.45) is 3.78. The summed E-state index contributed by atoms with van der Waals surface area (Å²) in [5.74, 6) is 2.08. The third-order valence-electron chi connectivity index (χ3n) is 5.24. The Balaban J connectivity index is 1.28. The molecule has 3 N–H and O–H groups in total. The Labute approximate surface area is 180 Å². The van der Waals surface area contributed by atoms with E-state index in [9.17, 15) is 0 Å². The molecule has 0 spiro atoms. The third-order valence-corrected chi connectivity index (χ3v) is 5.24. The van der Waals surface area contributed by atoms with Gasteiger partial charge >= 0.3 is 0 Å². The maximum Gasteiger partial charge on any atom is 0.229 e. The number of nitrogens with one attached hydrogen (secondary N) is 3. The molecule has 1 fully saturated rings. The van der Waals surface area contributed by atoms with E-state index in [0.29, 0.717) is 5.95 Å². The zero-order chi connectivity index (χ0) is 21.0. The summed E-state index contributed by atoms with van der Waals surface area (Å²) < 4.78 is 11.5. The lowest BCUT2D eigenvalue weighted by Gasteiger charge is -2.23. The Morgan fingerprint density at radius 2 is 1.87 bits per heavy atom. The van der Waals surface area contributed by atoms with E-state index in [4.69, 9.17) is 9.47 Å². The molecule has 0 radical (unpaired) electrons. The van der Waals surface area contributed by atoms with Crippen LogP contribution in [0.3, 0.4) is 0 Å². The molecule has 0 unspecified atom stereocenters. The summed E-state index contributed by atoms with van der Waals surface area (Å²) in [7, 11) is 0. The number of benzene rings is 2. The zero-order valence-electron chi connectivity index (χ0n) is 17.4. The lowest BCUT2D eigenvalue weighted by Crippen LogP contribution is -2.25. The van der Waals surface area contributed by atoms with Crippen LogP contribution in [0.4, 0.5) is 23.1 Å². The lowest BCUT2D eigenvalue weighted by molar-refractivity contribution is 0.0256. The van der Waals surface area contributed by atoms with Crippen LogP contribution in [0.15, 0.2) is 60.8 Å². The molecule has 4 aromatic rings.